The van der Waals surface area contributed by atoms with Crippen LogP contribution in [0, 0.1) is 62.9 Å². The van der Waals surface area contributed by atoms with Crippen molar-refractivity contribution >= 4 is 104 Å². The van der Waals surface area contributed by atoms with Crippen molar-refractivity contribution < 1.29 is 32.8 Å². The number of aromatic nitrogens is 1. The summed E-state index contributed by atoms with van der Waals surface area (Å²) in [5.74, 6) is -0.652. The fourth-order valence-corrected chi connectivity index (χ4v) is 20.8. The molecular formula is C108H98F2N20O5S2. The Morgan fingerprint density at radius 3 is 1.46 bits per heavy atom. The number of carbonyl (C=O) groups is 5. The quantitative estimate of drug-likeness (QED) is 0.0625. The summed E-state index contributed by atoms with van der Waals surface area (Å²) in [6, 6.07) is 85.3. The molecule has 1 unspecified atom stereocenters. The van der Waals surface area contributed by atoms with Crippen LogP contribution in [0.3, 0.4) is 0 Å². The summed E-state index contributed by atoms with van der Waals surface area (Å²) in [5, 5.41) is 50.8. The minimum Gasteiger partial charge on any atom is -0.369 e. The maximum atomic E-state index is 14.3. The predicted molar refractivity (Wildman–Crippen MR) is 531 cm³/mol. The van der Waals surface area contributed by atoms with Gasteiger partial charge in [0.1, 0.15) is 39.5 Å². The van der Waals surface area contributed by atoms with Crippen molar-refractivity contribution in [1.29, 1.82) is 21.0 Å². The van der Waals surface area contributed by atoms with Gasteiger partial charge in [0.2, 0.25) is 29.5 Å². The number of nitrogens with two attached hydrogens (primary N) is 4. The van der Waals surface area contributed by atoms with E-state index in [0.29, 0.717) is 69.1 Å². The number of nitrogens with zero attached hydrogens (tertiary/aromatic N) is 14. The van der Waals surface area contributed by atoms with Gasteiger partial charge in [-0.15, -0.1) is 22.7 Å². The molecule has 8 atom stereocenters. The molecule has 0 bridgehead atoms. The molecule has 29 heteroatoms. The summed E-state index contributed by atoms with van der Waals surface area (Å²) in [4.78, 5) is 99.4. The molecule has 8 heterocycles. The molecule has 25 nitrogen and oxygen atoms in total. The van der Waals surface area contributed by atoms with Gasteiger partial charge >= 0.3 is 0 Å². The molecule has 3 aromatic heterocycles. The number of carbonyl (C=O) groups excluding carboxylic acids is 5. The number of likely N-dealkylation sites (N-methyl/N-ethyl adjacent to an activating group) is 3. The number of amides is 5. The van der Waals surface area contributed by atoms with E-state index in [9.17, 15) is 43.3 Å². The highest BCUT2D eigenvalue weighted by atomic mass is 32.1. The van der Waals surface area contributed by atoms with Crippen LogP contribution in [0.4, 0.5) is 8.78 Å². The number of benzene rings is 10. The van der Waals surface area contributed by atoms with E-state index < -0.39 is 51.3 Å². The van der Waals surface area contributed by atoms with Gasteiger partial charge in [0.25, 0.3) is 0 Å². The van der Waals surface area contributed by atoms with Crippen LogP contribution in [0.5, 0.6) is 0 Å². The molecule has 10 N–H and O–H groups in total. The topological polar surface area (TPSA) is 396 Å². The Balaban J connectivity index is 0.000000124. The second-order valence-corrected chi connectivity index (χ2v) is 37.5. The number of hydrogen-bond donors (Lipinski definition) is 6. The summed E-state index contributed by atoms with van der Waals surface area (Å²) < 4.78 is 28.5. The Morgan fingerprint density at radius 2 is 0.912 bits per heavy atom. The minimum atomic E-state index is -0.926. The second-order valence-electron chi connectivity index (χ2n) is 35.7. The maximum Gasteiger partial charge on any atom is 0.239 e. The molecule has 0 spiro atoms. The first-order valence-corrected chi connectivity index (χ1v) is 46.3. The van der Waals surface area contributed by atoms with Gasteiger partial charge in [0, 0.05) is 67.7 Å². The predicted octanol–water partition coefficient (Wildman–Crippen LogP) is 17.4. The van der Waals surface area contributed by atoms with Gasteiger partial charge in [-0.3, -0.25) is 58.9 Å². The lowest BCUT2D eigenvalue weighted by Crippen LogP contribution is -2.58. The van der Waals surface area contributed by atoms with Gasteiger partial charge in [-0.05, 0) is 233 Å². The van der Waals surface area contributed by atoms with E-state index in [0.717, 1.165) is 88.6 Å². The molecule has 3 fully saturated rings. The SMILES string of the molecule is CN1C(=O)C(c2ccc(C3CC3)cc2)[C@@](C)(c2cc(-c3ncccc3F)cs2)N=C1N.CN1C(=O)C[C@](c2cc(-c3cccc(C#N)c3)cs2)(C2CC2)N=C1N.CN1C(=O)[C@@H](c2cccc3ccccc23)[C@@](C)(c2cccc(C#N)c2)N=C1N.CN1C(=O)[C@H](c2cccc3ccccc23)[C@@](C)(c2cccc(C#N)c2)N=C1N.CN=C1NC(=O)C[C@@](C)(c2cccc(-c3cc(C#N)ccc3F)c2)N1. The third kappa shape index (κ3) is 18.6. The van der Waals surface area contributed by atoms with Crippen molar-refractivity contribution in [1.82, 2.24) is 35.2 Å². The third-order valence-corrected chi connectivity index (χ3v) is 29.0. The first kappa shape index (κ1) is 94.0. The van der Waals surface area contributed by atoms with Crippen molar-refractivity contribution in [3.63, 3.8) is 0 Å². The third-order valence-electron chi connectivity index (χ3n) is 26.7. The zero-order chi connectivity index (χ0) is 97.2. The molecule has 5 aliphatic heterocycles. The number of aliphatic imine (C=N–C) groups is 5. The summed E-state index contributed by atoms with van der Waals surface area (Å²) >= 11 is 3.06. The number of pyridine rings is 1. The van der Waals surface area contributed by atoms with Crippen molar-refractivity contribution in [3.05, 3.63) is 348 Å². The molecule has 2 saturated carbocycles. The lowest BCUT2D eigenvalue weighted by molar-refractivity contribution is -0.131. The second kappa shape index (κ2) is 38.4. The van der Waals surface area contributed by atoms with Crippen LogP contribution in [0.25, 0.3) is 55.1 Å². The van der Waals surface area contributed by atoms with Gasteiger partial charge in [-0.2, -0.15) is 21.0 Å². The molecule has 13 aromatic rings. The van der Waals surface area contributed by atoms with Gasteiger partial charge in [-0.1, -0.05) is 164 Å². The number of halogens is 2. The number of guanidine groups is 5. The number of rotatable bonds is 13. The van der Waals surface area contributed by atoms with E-state index in [-0.39, 0.29) is 65.3 Å². The highest BCUT2D eigenvalue weighted by Gasteiger charge is 2.54. The summed E-state index contributed by atoms with van der Waals surface area (Å²) in [6.45, 7) is 7.65. The Morgan fingerprint density at radius 1 is 0.438 bits per heavy atom. The summed E-state index contributed by atoms with van der Waals surface area (Å²) in [5.41, 5.74) is 32.9. The smallest absolute Gasteiger partial charge is 0.239 e. The standard InChI is InChI=1S/C24H23FN4OS.2C23H20N4O.C19H17FN4O.C19H18N4OS/c1-24(19-12-17(13-31-19)21-18(25)4-3-11-27-21)20(22(30)29(2)23(26)28-24)16-9-7-15(8-10-16)14-5-6-14;2*1-23(17-10-5-7-15(13-17)14-24)20(21(28)27(2)22(25)26-23)19-12-6-9-16-8-3-4-11-18(16)19;1-19(10-17(25)23-18(22-2)24-19)14-5-3-4-13(9-14)15-8-12(11-21)6-7-16(15)20;1-23-17(24)9-19(15-5-6-15,22-18(23)21)16-8-14(11-25-16)13-4-2-3-12(7-13)10-20/h3-4,7-14,20H,5-6H2,1-2H3,(H2,26,28);2*3-13,20H,1-2H3,(H2,25,26);3-9H,10H2,1-2H3,(H2,22,23,24,25);2-4,7-8,11,15H,5-6,9H2,1H3,(H2,21,22)/t20?,24-;20-,23+;20-,23-;2*19-/m10101/s1. The monoisotopic (exact) mass is 1860 g/mol. The highest BCUT2D eigenvalue weighted by Crippen LogP contribution is 2.56. The van der Waals surface area contributed by atoms with Gasteiger partial charge in [0.05, 0.1) is 82.7 Å². The molecule has 2 aliphatic carbocycles. The average molecular weight is 1860 g/mol. The largest absolute Gasteiger partial charge is 0.369 e. The highest BCUT2D eigenvalue weighted by molar-refractivity contribution is 7.11. The zero-order valence-corrected chi connectivity index (χ0v) is 78.3. The molecule has 7 aliphatic rings. The molecule has 5 amide bonds. The van der Waals surface area contributed by atoms with Gasteiger partial charge < -0.3 is 28.3 Å². The molecule has 0 radical (unpaired) electrons. The van der Waals surface area contributed by atoms with E-state index in [1.165, 1.54) is 73.6 Å². The van der Waals surface area contributed by atoms with E-state index in [1.807, 2.05) is 203 Å². The van der Waals surface area contributed by atoms with E-state index in [2.05, 4.69) is 62.4 Å². The summed E-state index contributed by atoms with van der Waals surface area (Å²) in [6.07, 6.45) is 6.77. The van der Waals surface area contributed by atoms with E-state index in [1.54, 1.807) is 95.2 Å². The molecular weight excluding hydrogens is 1760 g/mol. The van der Waals surface area contributed by atoms with Crippen molar-refractivity contribution in [2.45, 2.75) is 118 Å². The van der Waals surface area contributed by atoms with Crippen LogP contribution in [-0.2, 0) is 51.7 Å². The van der Waals surface area contributed by atoms with Crippen molar-refractivity contribution in [2.24, 2.45) is 53.8 Å². The minimum absolute atomic E-state index is 0.0147. The molecule has 1 saturated heterocycles. The number of nitrogens with one attached hydrogen (secondary N) is 2. The maximum absolute atomic E-state index is 14.3. The molecule has 20 rings (SSSR count). The van der Waals surface area contributed by atoms with Crippen LogP contribution in [-0.4, -0.2) is 119 Å². The Kier molecular flexibility index (Phi) is 26.4. The molecule has 686 valence electrons. The number of thiophene rings is 2. The van der Waals surface area contributed by atoms with Crippen LogP contribution in [0.15, 0.2) is 291 Å². The van der Waals surface area contributed by atoms with Crippen LogP contribution in [0.2, 0.25) is 0 Å². The van der Waals surface area contributed by atoms with Gasteiger partial charge in [-0.25, -0.2) is 28.8 Å². The first-order valence-electron chi connectivity index (χ1n) is 44.5. The number of hydrogen-bond acceptors (Lipinski definition) is 21. The lowest BCUT2D eigenvalue weighted by Gasteiger charge is -2.41. The Bertz CT molecular complexity index is 7140. The van der Waals surface area contributed by atoms with Crippen LogP contribution < -0.4 is 33.6 Å². The first-order chi connectivity index (χ1) is 65.8. The Labute approximate surface area is 800 Å². The van der Waals surface area contributed by atoms with Crippen molar-refractivity contribution in [2.75, 3.05) is 35.2 Å². The Hall–Kier alpha value is -16.2. The van der Waals surface area contributed by atoms with Crippen molar-refractivity contribution in [3.8, 4) is 57.8 Å². The normalized spacial score (nSPS) is 22.5. The van der Waals surface area contributed by atoms with Crippen LogP contribution in [0.1, 0.15) is 161 Å². The number of nitriles is 4. The van der Waals surface area contributed by atoms with Gasteiger partial charge in [0.15, 0.2) is 29.8 Å². The number of fused-ring (bicyclic) bond motifs is 2. The van der Waals surface area contributed by atoms with E-state index >= 15 is 0 Å². The lowest BCUT2D eigenvalue weighted by atomic mass is 9.73. The average Bonchev–Trinajstić information content (AvgIpc) is 1.69. The summed E-state index contributed by atoms with van der Waals surface area (Å²) in [7, 11) is 8.20. The zero-order valence-electron chi connectivity index (χ0n) is 76.7. The molecule has 10 aromatic carbocycles. The van der Waals surface area contributed by atoms with Crippen LogP contribution >= 0.6 is 22.7 Å². The molecule has 137 heavy (non-hydrogen) atoms. The fourth-order valence-electron chi connectivity index (χ4n) is 18.7. The fraction of sp³-hybridized carbons (Fsp3) is 0.231. The van der Waals surface area contributed by atoms with E-state index in [4.69, 9.17) is 53.4 Å².